The van der Waals surface area contributed by atoms with Gasteiger partial charge in [-0.25, -0.2) is 0 Å². The van der Waals surface area contributed by atoms with E-state index in [0.29, 0.717) is 0 Å². The van der Waals surface area contributed by atoms with Gasteiger partial charge < -0.3 is 0 Å². The van der Waals surface area contributed by atoms with Gasteiger partial charge in [0.1, 0.15) is 0 Å². The predicted molar refractivity (Wildman–Crippen MR) is 45.4 cm³/mol. The van der Waals surface area contributed by atoms with Crippen LogP contribution in [0.1, 0.15) is 24.6 Å². The Morgan fingerprint density at radius 2 is 2.45 bits per heavy atom. The second kappa shape index (κ2) is 2.65. The van der Waals surface area contributed by atoms with Gasteiger partial charge in [-0.3, -0.25) is 4.98 Å². The van der Waals surface area contributed by atoms with Crippen molar-refractivity contribution in [2.24, 2.45) is 5.92 Å². The Kier molecular flexibility index (Phi) is 1.65. The summed E-state index contributed by atoms with van der Waals surface area (Å²) < 4.78 is 0. The van der Waals surface area contributed by atoms with Crippen molar-refractivity contribution in [1.82, 2.24) is 4.98 Å². The number of rotatable bonds is 0. The van der Waals surface area contributed by atoms with Crippen LogP contribution in [-0.2, 0) is 12.8 Å². The molecule has 1 atom stereocenters. The third kappa shape index (κ3) is 1.28. The van der Waals surface area contributed by atoms with E-state index in [-0.39, 0.29) is 0 Å². The lowest BCUT2D eigenvalue weighted by Gasteiger charge is -2.19. The van der Waals surface area contributed by atoms with Gasteiger partial charge in [-0.05, 0) is 36.8 Å². The third-order valence-electron chi connectivity index (χ3n) is 2.43. The highest BCUT2D eigenvalue weighted by Crippen LogP contribution is 2.22. The summed E-state index contributed by atoms with van der Waals surface area (Å²) in [5.41, 5.74) is 2.79. The Hall–Kier alpha value is -0.850. The molecule has 58 valence electrons. The maximum Gasteiger partial charge on any atom is 0.0435 e. The van der Waals surface area contributed by atoms with Crippen LogP contribution < -0.4 is 0 Å². The van der Waals surface area contributed by atoms with Crippen molar-refractivity contribution >= 4 is 0 Å². The van der Waals surface area contributed by atoms with E-state index in [1.54, 1.807) is 0 Å². The van der Waals surface area contributed by atoms with Crippen LogP contribution in [0.15, 0.2) is 18.3 Å². The Morgan fingerprint density at radius 3 is 3.36 bits per heavy atom. The molecule has 0 saturated carbocycles. The molecule has 0 amide bonds. The summed E-state index contributed by atoms with van der Waals surface area (Å²) >= 11 is 0. The molecule has 0 saturated heterocycles. The van der Waals surface area contributed by atoms with Crippen molar-refractivity contribution in [3.05, 3.63) is 29.6 Å². The molecule has 0 spiro atoms. The highest BCUT2D eigenvalue weighted by Gasteiger charge is 2.14. The average molecular weight is 147 g/mol. The topological polar surface area (TPSA) is 12.9 Å². The summed E-state index contributed by atoms with van der Waals surface area (Å²) in [6.07, 6.45) is 5.61. The van der Waals surface area contributed by atoms with E-state index in [0.717, 1.165) is 5.92 Å². The van der Waals surface area contributed by atoms with Crippen LogP contribution in [0.3, 0.4) is 0 Å². The Balaban J connectivity index is 2.34. The van der Waals surface area contributed by atoms with Crippen LogP contribution in [0.4, 0.5) is 0 Å². The van der Waals surface area contributed by atoms with E-state index in [1.165, 1.54) is 30.5 Å². The minimum Gasteiger partial charge on any atom is -0.261 e. The zero-order chi connectivity index (χ0) is 7.68. The monoisotopic (exact) mass is 147 g/mol. The number of aryl methyl sites for hydroxylation is 1. The molecule has 0 N–H and O–H groups in total. The fourth-order valence-electron chi connectivity index (χ4n) is 1.74. The van der Waals surface area contributed by atoms with Gasteiger partial charge in [0, 0.05) is 11.9 Å². The fraction of sp³-hybridized carbons (Fsp3) is 0.500. The van der Waals surface area contributed by atoms with Crippen molar-refractivity contribution in [2.45, 2.75) is 26.2 Å². The molecular weight excluding hydrogens is 134 g/mol. The fourth-order valence-corrected chi connectivity index (χ4v) is 1.74. The molecule has 0 aromatic carbocycles. The van der Waals surface area contributed by atoms with Crippen LogP contribution >= 0.6 is 0 Å². The highest BCUT2D eigenvalue weighted by molar-refractivity contribution is 5.22. The van der Waals surface area contributed by atoms with Crippen LogP contribution in [0.2, 0.25) is 0 Å². The average Bonchev–Trinajstić information content (AvgIpc) is 2.04. The minimum absolute atomic E-state index is 0.853. The molecule has 0 aliphatic heterocycles. The number of hydrogen-bond acceptors (Lipinski definition) is 1. The molecule has 1 aromatic heterocycles. The zero-order valence-corrected chi connectivity index (χ0v) is 6.88. The molecule has 1 aliphatic rings. The largest absolute Gasteiger partial charge is 0.261 e. The molecule has 1 nitrogen and oxygen atoms in total. The summed E-state index contributed by atoms with van der Waals surface area (Å²) in [6, 6.07) is 4.24. The highest BCUT2D eigenvalue weighted by atomic mass is 14.7. The first-order valence-electron chi connectivity index (χ1n) is 4.29. The second-order valence-electron chi connectivity index (χ2n) is 3.46. The number of hydrogen-bond donors (Lipinski definition) is 0. The lowest BCUT2D eigenvalue weighted by atomic mass is 9.88. The van der Waals surface area contributed by atoms with Gasteiger partial charge in [-0.1, -0.05) is 13.0 Å². The molecule has 0 unspecified atom stereocenters. The van der Waals surface area contributed by atoms with Crippen molar-refractivity contribution in [2.75, 3.05) is 0 Å². The summed E-state index contributed by atoms with van der Waals surface area (Å²) in [7, 11) is 0. The molecule has 0 fully saturated rings. The second-order valence-corrected chi connectivity index (χ2v) is 3.46. The van der Waals surface area contributed by atoms with Crippen molar-refractivity contribution in [1.29, 1.82) is 0 Å². The van der Waals surface area contributed by atoms with E-state index in [4.69, 9.17) is 0 Å². The first-order chi connectivity index (χ1) is 5.36. The van der Waals surface area contributed by atoms with E-state index < -0.39 is 0 Å². The smallest absolute Gasteiger partial charge is 0.0435 e. The lowest BCUT2D eigenvalue weighted by molar-refractivity contribution is 0.494. The van der Waals surface area contributed by atoms with Gasteiger partial charge in [0.25, 0.3) is 0 Å². The van der Waals surface area contributed by atoms with E-state index in [9.17, 15) is 0 Å². The molecule has 1 heterocycles. The van der Waals surface area contributed by atoms with Gasteiger partial charge in [-0.15, -0.1) is 0 Å². The van der Waals surface area contributed by atoms with Crippen LogP contribution in [0.5, 0.6) is 0 Å². The maximum atomic E-state index is 4.35. The Labute approximate surface area is 67.5 Å². The lowest BCUT2D eigenvalue weighted by Crippen LogP contribution is -2.12. The van der Waals surface area contributed by atoms with Gasteiger partial charge in [0.2, 0.25) is 0 Å². The summed E-state index contributed by atoms with van der Waals surface area (Å²) in [6.45, 7) is 2.32. The first kappa shape index (κ1) is 6.84. The SMILES string of the molecule is C[C@H]1CCc2ncccc2C1. The van der Waals surface area contributed by atoms with Crippen molar-refractivity contribution < 1.29 is 0 Å². The van der Waals surface area contributed by atoms with E-state index in [1.807, 2.05) is 12.3 Å². The molecule has 2 rings (SSSR count). The van der Waals surface area contributed by atoms with Crippen molar-refractivity contribution in [3.8, 4) is 0 Å². The molecule has 11 heavy (non-hydrogen) atoms. The number of pyridine rings is 1. The van der Waals surface area contributed by atoms with Gasteiger partial charge in [0.15, 0.2) is 0 Å². The van der Waals surface area contributed by atoms with E-state index >= 15 is 0 Å². The standard InChI is InChI=1S/C10H13N/c1-8-4-5-10-9(7-8)3-2-6-11-10/h2-3,6,8H,4-5,7H2,1H3/t8-/m0/s1. The molecule has 0 radical (unpaired) electrons. The summed E-state index contributed by atoms with van der Waals surface area (Å²) in [4.78, 5) is 4.35. The normalized spacial score (nSPS) is 22.8. The predicted octanol–water partition coefficient (Wildman–Crippen LogP) is 2.21. The molecule has 1 aliphatic carbocycles. The van der Waals surface area contributed by atoms with Crippen LogP contribution in [-0.4, -0.2) is 4.98 Å². The van der Waals surface area contributed by atoms with Crippen LogP contribution in [0.25, 0.3) is 0 Å². The molecule has 1 heteroatoms. The molecule has 1 aromatic rings. The third-order valence-corrected chi connectivity index (χ3v) is 2.43. The Bertz CT molecular complexity index is 255. The Morgan fingerprint density at radius 1 is 1.55 bits per heavy atom. The molecular formula is C10H13N. The molecule has 0 bridgehead atoms. The first-order valence-corrected chi connectivity index (χ1v) is 4.29. The number of nitrogens with zero attached hydrogens (tertiary/aromatic N) is 1. The van der Waals surface area contributed by atoms with Gasteiger partial charge in [-0.2, -0.15) is 0 Å². The zero-order valence-electron chi connectivity index (χ0n) is 6.88. The minimum atomic E-state index is 0.853. The maximum absolute atomic E-state index is 4.35. The van der Waals surface area contributed by atoms with Gasteiger partial charge in [0.05, 0.1) is 0 Å². The van der Waals surface area contributed by atoms with Gasteiger partial charge >= 0.3 is 0 Å². The van der Waals surface area contributed by atoms with E-state index in [2.05, 4.69) is 18.0 Å². The summed E-state index contributed by atoms with van der Waals surface area (Å²) in [5, 5.41) is 0. The van der Waals surface area contributed by atoms with Crippen molar-refractivity contribution in [3.63, 3.8) is 0 Å². The quantitative estimate of drug-likeness (QED) is 0.548. The van der Waals surface area contributed by atoms with Crippen LogP contribution in [0, 0.1) is 5.92 Å². The number of fused-ring (bicyclic) bond motifs is 1. The number of aromatic nitrogens is 1. The summed E-state index contributed by atoms with van der Waals surface area (Å²) in [5.74, 6) is 0.853.